The van der Waals surface area contributed by atoms with Crippen LogP contribution in [0.2, 0.25) is 0 Å². The Hall–Kier alpha value is -3.02. The van der Waals surface area contributed by atoms with Crippen LogP contribution in [0.15, 0.2) is 54.6 Å². The third kappa shape index (κ3) is 3.01. The predicted molar refractivity (Wildman–Crippen MR) is 81.6 cm³/mol. The van der Waals surface area contributed by atoms with Crippen molar-refractivity contribution in [2.24, 2.45) is 0 Å². The number of H-pyrrole nitrogens is 1. The van der Waals surface area contributed by atoms with Crippen LogP contribution in [-0.4, -0.2) is 27.7 Å². The Balaban J connectivity index is 1.71. The van der Waals surface area contributed by atoms with Crippen molar-refractivity contribution in [3.05, 3.63) is 54.6 Å². The summed E-state index contributed by atoms with van der Waals surface area (Å²) < 4.78 is 5.22. The number of amides is 1. The maximum absolute atomic E-state index is 12.1. The molecule has 1 heterocycles. The van der Waals surface area contributed by atoms with Gasteiger partial charge in [0.15, 0.2) is 5.75 Å². The van der Waals surface area contributed by atoms with E-state index in [1.54, 1.807) is 19.1 Å². The van der Waals surface area contributed by atoms with Crippen LogP contribution in [0.3, 0.4) is 0 Å². The fourth-order valence-electron chi connectivity index (χ4n) is 1.95. The van der Waals surface area contributed by atoms with E-state index in [4.69, 9.17) is 9.57 Å². The van der Waals surface area contributed by atoms with Crippen LogP contribution in [0, 0.1) is 0 Å². The highest BCUT2D eigenvalue weighted by Crippen LogP contribution is 2.16. The number of carbonyl (C=O) groups excluding carboxylic acids is 1. The Labute approximate surface area is 127 Å². The van der Waals surface area contributed by atoms with Crippen molar-refractivity contribution in [1.82, 2.24) is 15.0 Å². The summed E-state index contributed by atoms with van der Waals surface area (Å²) in [6, 6.07) is 16.6. The second kappa shape index (κ2) is 6.17. The minimum atomic E-state index is -0.634. The van der Waals surface area contributed by atoms with E-state index >= 15 is 0 Å². The number of carbonyl (C=O) groups is 1. The quantitative estimate of drug-likeness (QED) is 0.750. The van der Waals surface area contributed by atoms with Crippen LogP contribution in [0.4, 0.5) is 4.79 Å². The molecule has 3 aromatic rings. The minimum Gasteiger partial charge on any atom is -0.374 e. The van der Waals surface area contributed by atoms with Crippen LogP contribution in [0.5, 0.6) is 11.8 Å². The zero-order chi connectivity index (χ0) is 15.4. The summed E-state index contributed by atoms with van der Waals surface area (Å²) in [6.07, 6.45) is -0.634. The third-order valence-corrected chi connectivity index (χ3v) is 3.00. The maximum atomic E-state index is 12.1. The zero-order valence-corrected chi connectivity index (χ0v) is 12.0. The van der Waals surface area contributed by atoms with Gasteiger partial charge >= 0.3 is 12.1 Å². The van der Waals surface area contributed by atoms with E-state index in [-0.39, 0.29) is 6.01 Å². The second-order valence-electron chi connectivity index (χ2n) is 4.53. The standard InChI is InChI=1S/C16H15N3O3/c1-2-19(22-12-8-4-3-5-9-12)16(20)21-15-17-13-10-6-7-11-14(13)18-15/h3-11H,2H2,1H3,(H,17,18). The third-order valence-electron chi connectivity index (χ3n) is 3.00. The fraction of sp³-hybridized carbons (Fsp3) is 0.125. The number of hydrogen-bond acceptors (Lipinski definition) is 4. The number of imidazole rings is 1. The first kappa shape index (κ1) is 13.9. The topological polar surface area (TPSA) is 67.4 Å². The molecule has 0 unspecified atom stereocenters. The molecule has 1 N–H and O–H groups in total. The van der Waals surface area contributed by atoms with Crippen molar-refractivity contribution >= 4 is 17.1 Å². The average molecular weight is 297 g/mol. The van der Waals surface area contributed by atoms with Crippen LogP contribution in [0.25, 0.3) is 11.0 Å². The number of hydrogen-bond donors (Lipinski definition) is 1. The van der Waals surface area contributed by atoms with E-state index in [0.717, 1.165) is 16.1 Å². The molecule has 0 aliphatic carbocycles. The monoisotopic (exact) mass is 297 g/mol. The van der Waals surface area contributed by atoms with Crippen LogP contribution < -0.4 is 9.57 Å². The van der Waals surface area contributed by atoms with E-state index < -0.39 is 6.09 Å². The van der Waals surface area contributed by atoms with Gasteiger partial charge in [-0.3, -0.25) is 0 Å². The molecular formula is C16H15N3O3. The molecule has 1 amide bonds. The van der Waals surface area contributed by atoms with Gasteiger partial charge in [-0.15, -0.1) is 5.06 Å². The molecule has 0 saturated heterocycles. The lowest BCUT2D eigenvalue weighted by atomic mass is 10.3. The number of aromatic nitrogens is 2. The number of rotatable bonds is 4. The molecule has 112 valence electrons. The molecule has 0 atom stereocenters. The Morgan fingerprint density at radius 3 is 2.59 bits per heavy atom. The van der Waals surface area contributed by atoms with Gasteiger partial charge in [-0.2, -0.15) is 4.98 Å². The van der Waals surface area contributed by atoms with Gasteiger partial charge in [-0.05, 0) is 31.2 Å². The zero-order valence-electron chi connectivity index (χ0n) is 12.0. The number of para-hydroxylation sites is 3. The SMILES string of the molecule is CCN(Oc1ccccc1)C(=O)Oc1nc2ccccc2[nH]1. The predicted octanol–water partition coefficient (Wildman–Crippen LogP) is 3.38. The number of nitrogens with one attached hydrogen (secondary N) is 1. The average Bonchev–Trinajstić information content (AvgIpc) is 2.95. The molecule has 1 aromatic heterocycles. The molecule has 0 radical (unpaired) electrons. The van der Waals surface area contributed by atoms with Crippen molar-refractivity contribution in [3.8, 4) is 11.8 Å². The first-order chi connectivity index (χ1) is 10.8. The summed E-state index contributed by atoms with van der Waals surface area (Å²) in [5.41, 5.74) is 1.54. The minimum absolute atomic E-state index is 0.140. The van der Waals surface area contributed by atoms with Gasteiger partial charge in [0.2, 0.25) is 0 Å². The van der Waals surface area contributed by atoms with Gasteiger partial charge in [0.05, 0.1) is 17.6 Å². The van der Waals surface area contributed by atoms with Crippen molar-refractivity contribution < 1.29 is 14.4 Å². The van der Waals surface area contributed by atoms with E-state index in [1.165, 1.54) is 0 Å². The molecule has 2 aromatic carbocycles. The molecule has 0 aliphatic rings. The van der Waals surface area contributed by atoms with Crippen LogP contribution in [0.1, 0.15) is 6.92 Å². The Kier molecular flexibility index (Phi) is 3.91. The maximum Gasteiger partial charge on any atom is 0.451 e. The number of benzene rings is 2. The fourth-order valence-corrected chi connectivity index (χ4v) is 1.95. The highest BCUT2D eigenvalue weighted by Gasteiger charge is 2.18. The van der Waals surface area contributed by atoms with E-state index in [2.05, 4.69) is 9.97 Å². The van der Waals surface area contributed by atoms with Gasteiger partial charge in [0.1, 0.15) is 0 Å². The number of nitrogens with zero attached hydrogens (tertiary/aromatic N) is 2. The van der Waals surface area contributed by atoms with Crippen LogP contribution in [-0.2, 0) is 0 Å². The van der Waals surface area contributed by atoms with Crippen molar-refractivity contribution in [2.75, 3.05) is 6.54 Å². The summed E-state index contributed by atoms with van der Waals surface area (Å²) in [4.78, 5) is 24.8. The molecule has 3 rings (SSSR count). The van der Waals surface area contributed by atoms with Crippen molar-refractivity contribution in [3.63, 3.8) is 0 Å². The van der Waals surface area contributed by atoms with Gasteiger partial charge in [-0.1, -0.05) is 30.3 Å². The molecule has 0 bridgehead atoms. The summed E-state index contributed by atoms with van der Waals surface area (Å²) in [5.74, 6) is 0.561. The van der Waals surface area contributed by atoms with E-state index in [1.807, 2.05) is 42.5 Å². The molecule has 22 heavy (non-hydrogen) atoms. The molecule has 0 aliphatic heterocycles. The van der Waals surface area contributed by atoms with Gasteiger partial charge < -0.3 is 14.6 Å². The molecule has 6 nitrogen and oxygen atoms in total. The summed E-state index contributed by atoms with van der Waals surface area (Å²) in [7, 11) is 0. The van der Waals surface area contributed by atoms with Crippen molar-refractivity contribution in [2.45, 2.75) is 6.92 Å². The molecule has 6 heteroatoms. The van der Waals surface area contributed by atoms with E-state index in [0.29, 0.717) is 12.3 Å². The Bertz CT molecular complexity index is 737. The summed E-state index contributed by atoms with van der Waals surface area (Å²) >= 11 is 0. The first-order valence-electron chi connectivity index (χ1n) is 6.93. The highest BCUT2D eigenvalue weighted by atomic mass is 16.7. The van der Waals surface area contributed by atoms with Gasteiger partial charge in [0.25, 0.3) is 0 Å². The molecule has 0 spiro atoms. The van der Waals surface area contributed by atoms with Crippen molar-refractivity contribution in [1.29, 1.82) is 0 Å². The number of hydroxylamine groups is 2. The van der Waals surface area contributed by atoms with E-state index in [9.17, 15) is 4.79 Å². The Morgan fingerprint density at radius 2 is 1.86 bits per heavy atom. The molecular weight excluding hydrogens is 282 g/mol. The lowest BCUT2D eigenvalue weighted by Gasteiger charge is -2.19. The first-order valence-corrected chi connectivity index (χ1v) is 6.93. The lowest BCUT2D eigenvalue weighted by Crippen LogP contribution is -2.36. The largest absolute Gasteiger partial charge is 0.451 e. The highest BCUT2D eigenvalue weighted by molar-refractivity contribution is 5.77. The lowest BCUT2D eigenvalue weighted by molar-refractivity contribution is -0.0287. The van der Waals surface area contributed by atoms with Crippen LogP contribution >= 0.6 is 0 Å². The Morgan fingerprint density at radius 1 is 1.14 bits per heavy atom. The van der Waals surface area contributed by atoms with Gasteiger partial charge in [0, 0.05) is 0 Å². The summed E-state index contributed by atoms with van der Waals surface area (Å²) in [5, 5.41) is 1.13. The summed E-state index contributed by atoms with van der Waals surface area (Å²) in [6.45, 7) is 2.14. The molecule has 0 saturated carbocycles. The smallest absolute Gasteiger partial charge is 0.374 e. The second-order valence-corrected chi connectivity index (χ2v) is 4.53. The molecule has 0 fully saturated rings. The van der Waals surface area contributed by atoms with Gasteiger partial charge in [-0.25, -0.2) is 4.79 Å². The number of aromatic amines is 1. The number of ether oxygens (including phenoxy) is 1. The normalized spacial score (nSPS) is 10.4. The number of fused-ring (bicyclic) bond motifs is 1.